The molecule has 0 saturated carbocycles. The highest BCUT2D eigenvalue weighted by atomic mass is 35.5. The second kappa shape index (κ2) is 6.62. The number of hydrogen-bond donors (Lipinski definition) is 2. The van der Waals surface area contributed by atoms with E-state index < -0.39 is 6.10 Å². The van der Waals surface area contributed by atoms with Gasteiger partial charge in [-0.3, -0.25) is 4.79 Å². The van der Waals surface area contributed by atoms with Gasteiger partial charge < -0.3 is 15.8 Å². The van der Waals surface area contributed by atoms with E-state index in [0.717, 1.165) is 0 Å². The molecule has 1 unspecified atom stereocenters. The Morgan fingerprint density at radius 1 is 1.32 bits per heavy atom. The van der Waals surface area contributed by atoms with Gasteiger partial charge in [-0.25, -0.2) is 9.97 Å². The SMILES string of the molecule is CNC(=O)c1c(C)nc(N)nc1C(C)Oc1ccc(Cl)cc1. The molecule has 0 saturated heterocycles. The van der Waals surface area contributed by atoms with E-state index in [-0.39, 0.29) is 11.9 Å². The van der Waals surface area contributed by atoms with Crippen LogP contribution >= 0.6 is 11.6 Å². The van der Waals surface area contributed by atoms with Crippen LogP contribution < -0.4 is 15.8 Å². The number of hydrogen-bond acceptors (Lipinski definition) is 5. The lowest BCUT2D eigenvalue weighted by molar-refractivity contribution is 0.0956. The molecule has 1 amide bonds. The van der Waals surface area contributed by atoms with E-state index in [2.05, 4.69) is 15.3 Å². The number of ether oxygens (including phenoxy) is 1. The smallest absolute Gasteiger partial charge is 0.254 e. The molecule has 0 bridgehead atoms. The average molecular weight is 321 g/mol. The molecule has 7 heteroatoms. The highest BCUT2D eigenvalue weighted by Crippen LogP contribution is 2.25. The molecule has 1 heterocycles. The van der Waals surface area contributed by atoms with Crippen molar-refractivity contribution < 1.29 is 9.53 Å². The fourth-order valence-corrected chi connectivity index (χ4v) is 2.22. The number of amides is 1. The summed E-state index contributed by atoms with van der Waals surface area (Å²) in [6.07, 6.45) is -0.475. The van der Waals surface area contributed by atoms with E-state index in [1.807, 2.05) is 0 Å². The summed E-state index contributed by atoms with van der Waals surface area (Å²) in [5.74, 6) is 0.445. The number of nitrogen functional groups attached to an aromatic ring is 1. The fourth-order valence-electron chi connectivity index (χ4n) is 2.09. The molecule has 0 spiro atoms. The zero-order valence-electron chi connectivity index (χ0n) is 12.6. The van der Waals surface area contributed by atoms with Crippen LogP contribution in [0.2, 0.25) is 5.02 Å². The van der Waals surface area contributed by atoms with Crippen LogP contribution in [-0.4, -0.2) is 22.9 Å². The molecule has 6 nitrogen and oxygen atoms in total. The molecular formula is C15H17ClN4O2. The minimum Gasteiger partial charge on any atom is -0.484 e. The minimum absolute atomic E-state index is 0.103. The average Bonchev–Trinajstić information content (AvgIpc) is 2.48. The number of benzene rings is 1. The van der Waals surface area contributed by atoms with Crippen LogP contribution in [0.4, 0.5) is 5.95 Å². The van der Waals surface area contributed by atoms with E-state index in [9.17, 15) is 4.79 Å². The number of carbonyl (C=O) groups is 1. The number of nitrogens with zero attached hydrogens (tertiary/aromatic N) is 2. The lowest BCUT2D eigenvalue weighted by Gasteiger charge is -2.18. The number of nitrogens with one attached hydrogen (secondary N) is 1. The van der Waals surface area contributed by atoms with E-state index in [1.54, 1.807) is 45.2 Å². The van der Waals surface area contributed by atoms with Gasteiger partial charge in [-0.15, -0.1) is 0 Å². The summed E-state index contributed by atoms with van der Waals surface area (Å²) in [7, 11) is 1.55. The van der Waals surface area contributed by atoms with Crippen molar-refractivity contribution in [3.8, 4) is 5.75 Å². The zero-order valence-corrected chi connectivity index (χ0v) is 13.3. The quantitative estimate of drug-likeness (QED) is 0.903. The van der Waals surface area contributed by atoms with Gasteiger partial charge in [-0.1, -0.05) is 11.6 Å². The first-order chi connectivity index (χ1) is 10.4. The van der Waals surface area contributed by atoms with Crippen LogP contribution in [0.5, 0.6) is 5.75 Å². The molecule has 3 N–H and O–H groups in total. The summed E-state index contributed by atoms with van der Waals surface area (Å²) in [5, 5.41) is 3.19. The van der Waals surface area contributed by atoms with Crippen molar-refractivity contribution in [3.63, 3.8) is 0 Å². The Morgan fingerprint density at radius 2 is 1.95 bits per heavy atom. The maximum absolute atomic E-state index is 12.1. The van der Waals surface area contributed by atoms with E-state index in [0.29, 0.717) is 27.7 Å². The molecule has 1 atom stereocenters. The predicted molar refractivity (Wildman–Crippen MR) is 85.1 cm³/mol. The normalized spacial score (nSPS) is 11.8. The van der Waals surface area contributed by atoms with Crippen LogP contribution in [0.25, 0.3) is 0 Å². The monoisotopic (exact) mass is 320 g/mol. The Labute approximate surface area is 133 Å². The third kappa shape index (κ3) is 3.46. The summed E-state index contributed by atoms with van der Waals surface area (Å²) in [5.41, 5.74) is 7.02. The molecule has 1 aromatic carbocycles. The van der Waals surface area contributed by atoms with Gasteiger partial charge in [-0.2, -0.15) is 0 Å². The van der Waals surface area contributed by atoms with Crippen molar-refractivity contribution in [2.45, 2.75) is 20.0 Å². The summed E-state index contributed by atoms with van der Waals surface area (Å²) in [6, 6.07) is 6.94. The van der Waals surface area contributed by atoms with Crippen molar-refractivity contribution in [1.82, 2.24) is 15.3 Å². The van der Waals surface area contributed by atoms with Crippen molar-refractivity contribution >= 4 is 23.5 Å². The van der Waals surface area contributed by atoms with Gasteiger partial charge >= 0.3 is 0 Å². The van der Waals surface area contributed by atoms with Crippen LogP contribution in [0, 0.1) is 6.92 Å². The Hall–Kier alpha value is -2.34. The minimum atomic E-state index is -0.475. The zero-order chi connectivity index (χ0) is 16.3. The number of carbonyl (C=O) groups excluding carboxylic acids is 1. The van der Waals surface area contributed by atoms with E-state index in [1.165, 1.54) is 0 Å². The summed E-state index contributed by atoms with van der Waals surface area (Å²) in [4.78, 5) is 20.3. The van der Waals surface area contributed by atoms with Crippen molar-refractivity contribution in [3.05, 3.63) is 46.2 Å². The molecule has 0 radical (unpaired) electrons. The lowest BCUT2D eigenvalue weighted by Crippen LogP contribution is -2.24. The maximum atomic E-state index is 12.1. The second-order valence-electron chi connectivity index (χ2n) is 4.72. The van der Waals surface area contributed by atoms with Crippen molar-refractivity contribution in [2.75, 3.05) is 12.8 Å². The van der Waals surface area contributed by atoms with Crippen molar-refractivity contribution in [1.29, 1.82) is 0 Å². The lowest BCUT2D eigenvalue weighted by atomic mass is 10.1. The fraction of sp³-hybridized carbons (Fsp3) is 0.267. The van der Waals surface area contributed by atoms with Crippen LogP contribution in [0.1, 0.15) is 34.8 Å². The molecule has 0 aliphatic carbocycles. The molecule has 2 rings (SSSR count). The Balaban J connectivity index is 2.37. The number of halogens is 1. The van der Waals surface area contributed by atoms with Gasteiger partial charge in [0, 0.05) is 12.1 Å². The highest BCUT2D eigenvalue weighted by Gasteiger charge is 2.22. The Bertz CT molecular complexity index is 689. The van der Waals surface area contributed by atoms with Gasteiger partial charge in [0.2, 0.25) is 5.95 Å². The summed E-state index contributed by atoms with van der Waals surface area (Å²) in [6.45, 7) is 3.50. The summed E-state index contributed by atoms with van der Waals surface area (Å²) >= 11 is 5.85. The second-order valence-corrected chi connectivity index (χ2v) is 5.16. The number of rotatable bonds is 4. The number of anilines is 1. The largest absolute Gasteiger partial charge is 0.484 e. The van der Waals surface area contributed by atoms with Crippen molar-refractivity contribution in [2.24, 2.45) is 0 Å². The maximum Gasteiger partial charge on any atom is 0.254 e. The van der Waals surface area contributed by atoms with E-state index in [4.69, 9.17) is 22.1 Å². The first-order valence-corrected chi connectivity index (χ1v) is 7.08. The van der Waals surface area contributed by atoms with E-state index >= 15 is 0 Å². The number of nitrogens with two attached hydrogens (primary N) is 1. The molecule has 1 aromatic heterocycles. The molecular weight excluding hydrogens is 304 g/mol. The Kier molecular flexibility index (Phi) is 4.82. The predicted octanol–water partition coefficient (Wildman–Crippen LogP) is 2.52. The van der Waals surface area contributed by atoms with Gasteiger partial charge in [0.15, 0.2) is 0 Å². The van der Waals surface area contributed by atoms with Crippen LogP contribution in [0.3, 0.4) is 0 Å². The number of aromatic nitrogens is 2. The number of aryl methyl sites for hydroxylation is 1. The summed E-state index contributed by atoms with van der Waals surface area (Å²) < 4.78 is 5.82. The molecule has 116 valence electrons. The Morgan fingerprint density at radius 3 is 2.55 bits per heavy atom. The third-order valence-corrected chi connectivity index (χ3v) is 3.35. The highest BCUT2D eigenvalue weighted by molar-refractivity contribution is 6.30. The van der Waals surface area contributed by atoms with Gasteiger partial charge in [0.25, 0.3) is 5.91 Å². The molecule has 0 aliphatic heterocycles. The molecule has 0 fully saturated rings. The topological polar surface area (TPSA) is 90.1 Å². The van der Waals surface area contributed by atoms with Gasteiger partial charge in [0.05, 0.1) is 17.0 Å². The first kappa shape index (κ1) is 16.0. The molecule has 0 aliphatic rings. The molecule has 2 aromatic rings. The standard InChI is InChI=1S/C15H17ClN4O2/c1-8-12(14(21)18-3)13(20-15(17)19-8)9(2)22-11-6-4-10(16)5-7-11/h4-7,9H,1-3H3,(H,18,21)(H2,17,19,20). The van der Waals surface area contributed by atoms with Crippen LogP contribution in [-0.2, 0) is 0 Å². The van der Waals surface area contributed by atoms with Gasteiger partial charge in [0.1, 0.15) is 11.9 Å². The van der Waals surface area contributed by atoms with Crippen LogP contribution in [0.15, 0.2) is 24.3 Å². The van der Waals surface area contributed by atoms with Gasteiger partial charge in [-0.05, 0) is 38.1 Å². The third-order valence-electron chi connectivity index (χ3n) is 3.10. The first-order valence-electron chi connectivity index (χ1n) is 6.70. The molecule has 22 heavy (non-hydrogen) atoms.